The van der Waals surface area contributed by atoms with Crippen molar-refractivity contribution in [3.05, 3.63) is 61.6 Å². The molecule has 7 heteroatoms. The second-order valence-corrected chi connectivity index (χ2v) is 3.37. The first-order valence-corrected chi connectivity index (χ1v) is 7.57. The van der Waals surface area contributed by atoms with Crippen LogP contribution in [0.4, 0.5) is 0 Å². The standard InChI is InChI=1S/C8H7N.2C2H3N3.2C2H6/c1-2-4-8-7(3-1)5-6-9-8;1-3-2-5-4-1;1-2-4-5-3-1;2*1-2/h1-6,9H;2*1-2H,(H,3,4,5);2*1-2H3. The van der Waals surface area contributed by atoms with E-state index >= 15 is 0 Å². The van der Waals surface area contributed by atoms with Crippen LogP contribution in [0.1, 0.15) is 27.7 Å². The van der Waals surface area contributed by atoms with E-state index < -0.39 is 0 Å². The maximum Gasteiger partial charge on any atom is 0.137 e. The summed E-state index contributed by atoms with van der Waals surface area (Å²) < 4.78 is 0. The number of hydrogen-bond donors (Lipinski definition) is 3. The molecule has 0 aliphatic rings. The number of fused-ring (bicyclic) bond motifs is 1. The van der Waals surface area contributed by atoms with Crippen LogP contribution in [0.2, 0.25) is 0 Å². The van der Waals surface area contributed by atoms with Gasteiger partial charge in [-0.25, -0.2) is 4.98 Å². The van der Waals surface area contributed by atoms with E-state index in [1.807, 2.05) is 46.0 Å². The molecule has 0 amide bonds. The van der Waals surface area contributed by atoms with Gasteiger partial charge >= 0.3 is 0 Å². The molecule has 124 valence electrons. The average Bonchev–Trinajstić information content (AvgIpc) is 3.44. The van der Waals surface area contributed by atoms with Crippen LogP contribution in [0.3, 0.4) is 0 Å². The number of aromatic amines is 3. The fraction of sp³-hybridized carbons (Fsp3) is 0.250. The van der Waals surface area contributed by atoms with Gasteiger partial charge in [-0.15, -0.1) is 0 Å². The van der Waals surface area contributed by atoms with E-state index in [2.05, 4.69) is 53.8 Å². The molecule has 0 radical (unpaired) electrons. The first-order valence-electron chi connectivity index (χ1n) is 7.57. The van der Waals surface area contributed by atoms with Crippen molar-refractivity contribution < 1.29 is 0 Å². The Morgan fingerprint density at radius 1 is 0.826 bits per heavy atom. The number of H-pyrrole nitrogens is 3. The highest BCUT2D eigenvalue weighted by atomic mass is 15.3. The number of benzene rings is 1. The number of nitrogens with zero attached hydrogens (tertiary/aromatic N) is 4. The Morgan fingerprint density at radius 3 is 1.96 bits per heavy atom. The van der Waals surface area contributed by atoms with Crippen molar-refractivity contribution in [2.45, 2.75) is 27.7 Å². The van der Waals surface area contributed by atoms with Crippen molar-refractivity contribution in [3.8, 4) is 0 Å². The van der Waals surface area contributed by atoms with Gasteiger partial charge in [0.15, 0.2) is 0 Å². The van der Waals surface area contributed by atoms with Gasteiger partial charge in [0.05, 0.1) is 12.4 Å². The molecule has 0 atom stereocenters. The van der Waals surface area contributed by atoms with Gasteiger partial charge in [0.1, 0.15) is 12.7 Å². The lowest BCUT2D eigenvalue weighted by molar-refractivity contribution is 0.940. The SMILES string of the molecule is CC.CC.c1ccc2[nH]ccc2c1.c1cn[nH]n1.c1nc[nH]n1. The van der Waals surface area contributed by atoms with Gasteiger partial charge in [0.25, 0.3) is 0 Å². The molecular formula is C16H25N7. The summed E-state index contributed by atoms with van der Waals surface area (Å²) in [6, 6.07) is 10.3. The van der Waals surface area contributed by atoms with Crippen molar-refractivity contribution in [2.24, 2.45) is 0 Å². The average molecular weight is 315 g/mol. The molecule has 0 aliphatic heterocycles. The number of hydrogen-bond acceptors (Lipinski definition) is 4. The normalized spacial score (nSPS) is 8.00. The second-order valence-electron chi connectivity index (χ2n) is 3.37. The van der Waals surface area contributed by atoms with Crippen molar-refractivity contribution in [1.82, 2.24) is 35.6 Å². The number of para-hydroxylation sites is 1. The van der Waals surface area contributed by atoms with Crippen molar-refractivity contribution in [2.75, 3.05) is 0 Å². The molecule has 23 heavy (non-hydrogen) atoms. The summed E-state index contributed by atoms with van der Waals surface area (Å²) in [4.78, 5) is 6.68. The first kappa shape index (κ1) is 20.0. The van der Waals surface area contributed by atoms with E-state index in [0.717, 1.165) is 0 Å². The first-order chi connectivity index (χ1) is 11.5. The zero-order valence-corrected chi connectivity index (χ0v) is 14.1. The molecule has 4 aromatic rings. The van der Waals surface area contributed by atoms with E-state index in [-0.39, 0.29) is 0 Å². The molecule has 0 saturated heterocycles. The molecule has 4 rings (SSSR count). The van der Waals surface area contributed by atoms with Crippen LogP contribution in [0.15, 0.2) is 61.6 Å². The van der Waals surface area contributed by atoms with Gasteiger partial charge < -0.3 is 4.98 Å². The topological polar surface area (TPSA) is 98.9 Å². The molecule has 3 N–H and O–H groups in total. The van der Waals surface area contributed by atoms with Crippen LogP contribution in [-0.4, -0.2) is 35.6 Å². The third-order valence-electron chi connectivity index (χ3n) is 2.12. The highest BCUT2D eigenvalue weighted by molar-refractivity contribution is 5.78. The summed E-state index contributed by atoms with van der Waals surface area (Å²) in [6.07, 6.45) is 8.07. The molecule has 0 spiro atoms. The molecule has 3 heterocycles. The van der Waals surface area contributed by atoms with Crippen LogP contribution in [0, 0.1) is 0 Å². The largest absolute Gasteiger partial charge is 0.361 e. The molecule has 7 nitrogen and oxygen atoms in total. The zero-order chi connectivity index (χ0) is 17.2. The maximum absolute atomic E-state index is 3.56. The Balaban J connectivity index is 0.000000300. The monoisotopic (exact) mass is 315 g/mol. The third kappa shape index (κ3) is 9.57. The predicted octanol–water partition coefficient (Wildman–Crippen LogP) is 3.83. The van der Waals surface area contributed by atoms with E-state index in [1.165, 1.54) is 23.6 Å². The lowest BCUT2D eigenvalue weighted by Crippen LogP contribution is -1.61. The number of aromatic nitrogens is 7. The van der Waals surface area contributed by atoms with Gasteiger partial charge in [-0.2, -0.15) is 20.5 Å². The molecular weight excluding hydrogens is 290 g/mol. The summed E-state index contributed by atoms with van der Waals surface area (Å²) >= 11 is 0. The molecule has 0 fully saturated rings. The van der Waals surface area contributed by atoms with Crippen molar-refractivity contribution in [3.63, 3.8) is 0 Å². The highest BCUT2D eigenvalue weighted by Gasteiger charge is 1.86. The predicted molar refractivity (Wildman–Crippen MR) is 93.8 cm³/mol. The maximum atomic E-state index is 3.56. The van der Waals surface area contributed by atoms with E-state index in [0.29, 0.717) is 0 Å². The lowest BCUT2D eigenvalue weighted by atomic mass is 10.3. The summed E-state index contributed by atoms with van der Waals surface area (Å²) in [5, 5.41) is 16.6. The summed E-state index contributed by atoms with van der Waals surface area (Å²) in [7, 11) is 0. The minimum atomic E-state index is 1.21. The highest BCUT2D eigenvalue weighted by Crippen LogP contribution is 2.09. The van der Waals surface area contributed by atoms with Crippen molar-refractivity contribution in [1.29, 1.82) is 0 Å². The van der Waals surface area contributed by atoms with Crippen molar-refractivity contribution >= 4 is 10.9 Å². The summed E-state index contributed by atoms with van der Waals surface area (Å²) in [5.74, 6) is 0. The molecule has 3 aromatic heterocycles. The van der Waals surface area contributed by atoms with Crippen LogP contribution in [0.25, 0.3) is 10.9 Å². The Hall–Kier alpha value is -2.96. The van der Waals surface area contributed by atoms with E-state index in [4.69, 9.17) is 0 Å². The molecule has 0 aliphatic carbocycles. The van der Waals surface area contributed by atoms with Gasteiger partial charge in [0, 0.05) is 11.7 Å². The van der Waals surface area contributed by atoms with Gasteiger partial charge in [-0.05, 0) is 17.5 Å². The second kappa shape index (κ2) is 15.4. The van der Waals surface area contributed by atoms with E-state index in [1.54, 1.807) is 12.4 Å². The van der Waals surface area contributed by atoms with Gasteiger partial charge in [-0.3, -0.25) is 5.10 Å². The fourth-order valence-corrected chi connectivity index (χ4v) is 1.33. The van der Waals surface area contributed by atoms with Crippen LogP contribution >= 0.6 is 0 Å². The smallest absolute Gasteiger partial charge is 0.137 e. The van der Waals surface area contributed by atoms with E-state index in [9.17, 15) is 0 Å². The lowest BCUT2D eigenvalue weighted by Gasteiger charge is -1.83. The van der Waals surface area contributed by atoms with Crippen LogP contribution in [-0.2, 0) is 0 Å². The minimum Gasteiger partial charge on any atom is -0.361 e. The molecule has 0 bridgehead atoms. The fourth-order valence-electron chi connectivity index (χ4n) is 1.33. The third-order valence-corrected chi connectivity index (χ3v) is 2.12. The van der Waals surface area contributed by atoms with Crippen LogP contribution < -0.4 is 0 Å². The Morgan fingerprint density at radius 2 is 1.52 bits per heavy atom. The molecule has 0 saturated carbocycles. The Kier molecular flexibility index (Phi) is 13.4. The Labute approximate surface area is 136 Å². The van der Waals surface area contributed by atoms with Gasteiger partial charge in [0.2, 0.25) is 0 Å². The molecule has 1 aromatic carbocycles. The van der Waals surface area contributed by atoms with Crippen LogP contribution in [0.5, 0.6) is 0 Å². The summed E-state index contributed by atoms with van der Waals surface area (Å²) in [5.41, 5.74) is 1.21. The molecule has 0 unspecified atom stereocenters. The number of rotatable bonds is 0. The summed E-state index contributed by atoms with van der Waals surface area (Å²) in [6.45, 7) is 8.00. The zero-order valence-electron chi connectivity index (χ0n) is 14.1. The number of nitrogens with one attached hydrogen (secondary N) is 3. The quantitative estimate of drug-likeness (QED) is 0.459. The Bertz CT molecular complexity index is 551. The van der Waals surface area contributed by atoms with Gasteiger partial charge in [-0.1, -0.05) is 45.9 Å². The minimum absolute atomic E-state index is 1.21.